The number of carbonyl (C=O) groups is 2. The number of anilines is 1. The van der Waals surface area contributed by atoms with Gasteiger partial charge in [-0.05, 0) is 50.6 Å². The van der Waals surface area contributed by atoms with Gasteiger partial charge in [0, 0.05) is 11.6 Å². The maximum Gasteiger partial charge on any atom is 0.301 e. The first kappa shape index (κ1) is 20.4. The highest BCUT2D eigenvalue weighted by atomic mass is 16.5. The third kappa shape index (κ3) is 3.82. The van der Waals surface area contributed by atoms with Gasteiger partial charge in [0.25, 0.3) is 5.78 Å². The number of benzene rings is 2. The summed E-state index contributed by atoms with van der Waals surface area (Å²) >= 11 is 0. The molecule has 158 valence electrons. The van der Waals surface area contributed by atoms with Crippen molar-refractivity contribution in [2.75, 3.05) is 4.90 Å². The minimum Gasteiger partial charge on any atom is -0.507 e. The third-order valence-corrected chi connectivity index (χ3v) is 4.92. The Morgan fingerprint density at radius 3 is 2.35 bits per heavy atom. The van der Waals surface area contributed by atoms with E-state index in [1.165, 1.54) is 4.90 Å². The lowest BCUT2D eigenvalue weighted by Crippen LogP contribution is -2.29. The molecule has 1 saturated heterocycles. The molecule has 4 rings (SSSR count). The Bertz CT molecular complexity index is 1150. The van der Waals surface area contributed by atoms with E-state index >= 15 is 0 Å². The summed E-state index contributed by atoms with van der Waals surface area (Å²) in [4.78, 5) is 27.2. The van der Waals surface area contributed by atoms with Gasteiger partial charge in [-0.3, -0.25) is 14.5 Å². The minimum absolute atomic E-state index is 0.00520. The topological polar surface area (TPSA) is 92.9 Å². The number of amides is 1. The van der Waals surface area contributed by atoms with Crippen LogP contribution in [0.4, 0.5) is 5.82 Å². The van der Waals surface area contributed by atoms with Crippen LogP contribution in [0.5, 0.6) is 5.75 Å². The van der Waals surface area contributed by atoms with Crippen molar-refractivity contribution in [2.24, 2.45) is 0 Å². The summed E-state index contributed by atoms with van der Waals surface area (Å²) in [5, 5.41) is 15.0. The predicted octanol–water partition coefficient (Wildman–Crippen LogP) is 4.40. The van der Waals surface area contributed by atoms with Gasteiger partial charge >= 0.3 is 5.91 Å². The molecule has 7 nitrogen and oxygen atoms in total. The number of nitrogens with zero attached hydrogens (tertiary/aromatic N) is 2. The number of rotatable bonds is 5. The summed E-state index contributed by atoms with van der Waals surface area (Å²) in [7, 11) is 0. The van der Waals surface area contributed by atoms with Gasteiger partial charge in [0.05, 0.1) is 17.7 Å². The van der Waals surface area contributed by atoms with Crippen LogP contribution in [0.2, 0.25) is 0 Å². The highest BCUT2D eigenvalue weighted by Crippen LogP contribution is 2.41. The zero-order valence-electron chi connectivity index (χ0n) is 17.4. The first-order valence-electron chi connectivity index (χ1n) is 9.93. The van der Waals surface area contributed by atoms with Crippen molar-refractivity contribution in [2.45, 2.75) is 32.9 Å². The van der Waals surface area contributed by atoms with Crippen LogP contribution in [0.3, 0.4) is 0 Å². The first-order chi connectivity index (χ1) is 14.9. The quantitative estimate of drug-likeness (QED) is 0.375. The zero-order valence-corrected chi connectivity index (χ0v) is 17.4. The van der Waals surface area contributed by atoms with Crippen LogP contribution < -0.4 is 9.64 Å². The van der Waals surface area contributed by atoms with Crippen molar-refractivity contribution in [3.05, 3.63) is 83.1 Å². The number of hydrogen-bond donors (Lipinski definition) is 1. The number of aliphatic hydroxyl groups is 1. The van der Waals surface area contributed by atoms with E-state index in [0.717, 1.165) is 0 Å². The Labute approximate surface area is 179 Å². The summed E-state index contributed by atoms with van der Waals surface area (Å²) < 4.78 is 10.8. The van der Waals surface area contributed by atoms with Gasteiger partial charge in [-0.15, -0.1) is 0 Å². The second-order valence-corrected chi connectivity index (χ2v) is 7.57. The maximum atomic E-state index is 13.0. The van der Waals surface area contributed by atoms with E-state index in [0.29, 0.717) is 22.6 Å². The second kappa shape index (κ2) is 8.10. The fourth-order valence-corrected chi connectivity index (χ4v) is 3.61. The van der Waals surface area contributed by atoms with Gasteiger partial charge in [0.2, 0.25) is 0 Å². The molecule has 1 aliphatic rings. The Hall–Kier alpha value is -3.87. The summed E-state index contributed by atoms with van der Waals surface area (Å²) in [5.74, 6) is -0.452. The molecule has 0 unspecified atom stereocenters. The van der Waals surface area contributed by atoms with Crippen LogP contribution in [0.25, 0.3) is 5.76 Å². The monoisotopic (exact) mass is 418 g/mol. The van der Waals surface area contributed by atoms with Crippen LogP contribution in [0.1, 0.15) is 36.8 Å². The smallest absolute Gasteiger partial charge is 0.301 e. The zero-order chi connectivity index (χ0) is 22.1. The van der Waals surface area contributed by atoms with Gasteiger partial charge in [-0.25, -0.2) is 0 Å². The summed E-state index contributed by atoms with van der Waals surface area (Å²) in [6, 6.07) is 16.5. The molecule has 31 heavy (non-hydrogen) atoms. The normalized spacial score (nSPS) is 18.1. The highest BCUT2D eigenvalue weighted by Gasteiger charge is 2.48. The lowest BCUT2D eigenvalue weighted by atomic mass is 9.95. The van der Waals surface area contributed by atoms with Crippen LogP contribution in [0.15, 0.2) is 70.8 Å². The molecule has 3 aromatic rings. The van der Waals surface area contributed by atoms with Gasteiger partial charge in [0.1, 0.15) is 17.3 Å². The van der Waals surface area contributed by atoms with Crippen molar-refractivity contribution in [3.63, 3.8) is 0 Å². The van der Waals surface area contributed by atoms with E-state index in [1.807, 2.05) is 32.0 Å². The van der Waals surface area contributed by atoms with E-state index in [9.17, 15) is 14.7 Å². The lowest BCUT2D eigenvalue weighted by molar-refractivity contribution is -0.132. The predicted molar refractivity (Wildman–Crippen MR) is 115 cm³/mol. The standard InChI is InChI=1S/C24H22N2O5/c1-14(2)30-18-11-9-17(10-12-18)22(27)20-21(16-7-5-4-6-8-16)26(24(29)23(20)28)19-13-15(3)31-25-19/h4-14,21,27H,1-3H3/t21-/m1/s1. The average Bonchev–Trinajstić information content (AvgIpc) is 3.29. The molecule has 7 heteroatoms. The number of aryl methyl sites for hydroxylation is 1. The molecular formula is C24H22N2O5. The van der Waals surface area contributed by atoms with Crippen LogP contribution in [0, 0.1) is 6.92 Å². The summed E-state index contributed by atoms with van der Waals surface area (Å²) in [6.45, 7) is 5.53. The summed E-state index contributed by atoms with van der Waals surface area (Å²) in [6.07, 6.45) is 0.00812. The first-order valence-corrected chi connectivity index (χ1v) is 9.93. The molecule has 1 amide bonds. The maximum absolute atomic E-state index is 13.0. The van der Waals surface area contributed by atoms with Crippen molar-refractivity contribution in [1.82, 2.24) is 5.16 Å². The number of Topliss-reactive ketones (excluding diaryl/α,β-unsaturated/α-hetero) is 1. The van der Waals surface area contributed by atoms with Crippen LogP contribution in [-0.4, -0.2) is 28.1 Å². The third-order valence-electron chi connectivity index (χ3n) is 4.92. The highest BCUT2D eigenvalue weighted by molar-refractivity contribution is 6.51. The number of ether oxygens (including phenoxy) is 1. The molecule has 1 atom stereocenters. The number of aromatic nitrogens is 1. The largest absolute Gasteiger partial charge is 0.507 e. The number of ketones is 1. The van der Waals surface area contributed by atoms with Gasteiger partial charge in [0.15, 0.2) is 5.82 Å². The molecule has 2 heterocycles. The fourth-order valence-electron chi connectivity index (χ4n) is 3.61. The van der Waals surface area contributed by atoms with Crippen molar-refractivity contribution < 1.29 is 24.0 Å². The van der Waals surface area contributed by atoms with Crippen LogP contribution in [-0.2, 0) is 9.59 Å². The molecule has 1 fully saturated rings. The molecule has 0 bridgehead atoms. The van der Waals surface area contributed by atoms with Crippen molar-refractivity contribution >= 4 is 23.3 Å². The average molecular weight is 418 g/mol. The van der Waals surface area contributed by atoms with Gasteiger partial charge in [-0.2, -0.15) is 0 Å². The molecule has 1 aliphatic heterocycles. The second-order valence-electron chi connectivity index (χ2n) is 7.57. The lowest BCUT2D eigenvalue weighted by Gasteiger charge is -2.22. The van der Waals surface area contributed by atoms with E-state index in [4.69, 9.17) is 9.26 Å². The Kier molecular flexibility index (Phi) is 5.33. The van der Waals surface area contributed by atoms with Gasteiger partial charge in [-0.1, -0.05) is 35.5 Å². The SMILES string of the molecule is Cc1cc(N2C(=O)C(=O)C(=C(O)c3ccc(OC(C)C)cc3)[C@H]2c2ccccc2)no1. The van der Waals surface area contributed by atoms with Crippen LogP contribution >= 0.6 is 0 Å². The van der Waals surface area contributed by atoms with E-state index in [-0.39, 0.29) is 23.3 Å². The van der Waals surface area contributed by atoms with E-state index < -0.39 is 17.7 Å². The molecule has 2 aromatic carbocycles. The minimum atomic E-state index is -0.836. The fraction of sp³-hybridized carbons (Fsp3) is 0.208. The number of carbonyl (C=O) groups excluding carboxylic acids is 2. The van der Waals surface area contributed by atoms with E-state index in [2.05, 4.69) is 5.16 Å². The Morgan fingerprint density at radius 1 is 1.10 bits per heavy atom. The molecule has 0 saturated carbocycles. The molecule has 0 radical (unpaired) electrons. The van der Waals surface area contributed by atoms with Gasteiger partial charge < -0.3 is 14.4 Å². The van der Waals surface area contributed by atoms with Crippen molar-refractivity contribution in [1.29, 1.82) is 0 Å². The molecule has 1 N–H and O–H groups in total. The summed E-state index contributed by atoms with van der Waals surface area (Å²) in [5.41, 5.74) is 1.07. The number of aliphatic hydroxyl groups excluding tert-OH is 1. The Balaban J connectivity index is 1.84. The molecular weight excluding hydrogens is 396 g/mol. The number of hydrogen-bond acceptors (Lipinski definition) is 6. The molecule has 0 aliphatic carbocycles. The van der Waals surface area contributed by atoms with Crippen molar-refractivity contribution in [3.8, 4) is 5.75 Å². The van der Waals surface area contributed by atoms with E-state index in [1.54, 1.807) is 49.4 Å². The Morgan fingerprint density at radius 2 is 1.77 bits per heavy atom. The molecule has 0 spiro atoms. The molecule has 1 aromatic heterocycles.